The quantitative estimate of drug-likeness (QED) is 0.487. The Morgan fingerprint density at radius 3 is 2.72 bits per heavy atom. The third-order valence-electron chi connectivity index (χ3n) is 3.19. The number of aliphatic carboxylic acids is 1. The molecule has 25 heavy (non-hydrogen) atoms. The summed E-state index contributed by atoms with van der Waals surface area (Å²) in [6.45, 7) is 2.44. The van der Waals surface area contributed by atoms with Crippen molar-refractivity contribution in [2.24, 2.45) is 0 Å². The fourth-order valence-corrected chi connectivity index (χ4v) is 2.11. The third-order valence-corrected chi connectivity index (χ3v) is 3.19. The van der Waals surface area contributed by atoms with Gasteiger partial charge in [-0.15, -0.1) is 0 Å². The van der Waals surface area contributed by atoms with Crippen molar-refractivity contribution >= 4 is 23.8 Å². The van der Waals surface area contributed by atoms with Gasteiger partial charge in [-0.1, -0.05) is 19.1 Å². The van der Waals surface area contributed by atoms with E-state index in [0.717, 1.165) is 11.6 Å². The lowest BCUT2D eigenvalue weighted by Crippen LogP contribution is -2.13. The van der Waals surface area contributed by atoms with E-state index in [0.29, 0.717) is 23.6 Å². The average Bonchev–Trinajstić information content (AvgIpc) is 2.58. The molecule has 0 saturated carbocycles. The first kappa shape index (κ1) is 18.1. The molecule has 0 aliphatic heterocycles. The lowest BCUT2D eigenvalue weighted by molar-refractivity contribution is -0.131. The van der Waals surface area contributed by atoms with Crippen LogP contribution in [0.3, 0.4) is 0 Å². The summed E-state index contributed by atoms with van der Waals surface area (Å²) in [4.78, 5) is 18.5. The third kappa shape index (κ3) is 5.38. The van der Waals surface area contributed by atoms with Crippen molar-refractivity contribution in [3.8, 4) is 11.5 Å². The lowest BCUT2D eigenvalue weighted by atomic mass is 10.2. The van der Waals surface area contributed by atoms with E-state index >= 15 is 0 Å². The van der Waals surface area contributed by atoms with Crippen LogP contribution in [-0.4, -0.2) is 34.3 Å². The molecule has 0 aliphatic carbocycles. The number of hydrogen-bond acceptors (Lipinski definition) is 7. The van der Waals surface area contributed by atoms with Gasteiger partial charge in [-0.2, -0.15) is 4.98 Å². The van der Waals surface area contributed by atoms with Gasteiger partial charge in [0.25, 0.3) is 0 Å². The highest BCUT2D eigenvalue weighted by Gasteiger charge is 2.11. The number of carboxylic acids is 1. The molecule has 1 aromatic carbocycles. The number of aryl methyl sites for hydroxylation is 1. The Balaban J connectivity index is 1.92. The number of nitrogen functional groups attached to an aromatic ring is 2. The normalized spacial score (nSPS) is 10.8. The first-order chi connectivity index (χ1) is 12.0. The van der Waals surface area contributed by atoms with Gasteiger partial charge in [0.15, 0.2) is 11.6 Å². The maximum absolute atomic E-state index is 10.5. The molecule has 1 heterocycles. The van der Waals surface area contributed by atoms with Crippen molar-refractivity contribution in [2.75, 3.05) is 24.7 Å². The molecule has 2 aromatic rings. The van der Waals surface area contributed by atoms with E-state index in [1.54, 1.807) is 24.3 Å². The molecular formula is C17H20N4O4. The second-order valence-corrected chi connectivity index (χ2v) is 5.04. The molecule has 0 fully saturated rings. The van der Waals surface area contributed by atoms with E-state index in [1.165, 1.54) is 6.08 Å². The zero-order chi connectivity index (χ0) is 18.2. The number of carboxylic acid groups (broad SMARTS) is 1. The molecule has 0 aliphatic rings. The minimum Gasteiger partial charge on any atom is -0.490 e. The molecular weight excluding hydrogens is 324 g/mol. The zero-order valence-corrected chi connectivity index (χ0v) is 13.8. The fourth-order valence-electron chi connectivity index (χ4n) is 2.11. The minimum absolute atomic E-state index is 0.115. The molecule has 1 aromatic heterocycles. The van der Waals surface area contributed by atoms with Crippen LogP contribution in [0.1, 0.15) is 18.2 Å². The molecule has 8 heteroatoms. The number of carbonyl (C=O) groups is 1. The van der Waals surface area contributed by atoms with Crippen molar-refractivity contribution < 1.29 is 19.4 Å². The fraction of sp³-hybridized carbons (Fsp3) is 0.235. The molecule has 0 saturated heterocycles. The summed E-state index contributed by atoms with van der Waals surface area (Å²) in [5.41, 5.74) is 12.8. The second kappa shape index (κ2) is 8.53. The smallest absolute Gasteiger partial charge is 0.328 e. The van der Waals surface area contributed by atoms with Gasteiger partial charge in [0.2, 0.25) is 5.95 Å². The van der Waals surface area contributed by atoms with Gasteiger partial charge >= 0.3 is 5.97 Å². The monoisotopic (exact) mass is 344 g/mol. The number of rotatable bonds is 8. The van der Waals surface area contributed by atoms with Crippen LogP contribution in [0.15, 0.2) is 30.3 Å². The van der Waals surface area contributed by atoms with Gasteiger partial charge in [-0.05, 0) is 30.2 Å². The number of anilines is 2. The molecule has 5 N–H and O–H groups in total. The Kier molecular flexibility index (Phi) is 6.16. The Morgan fingerprint density at radius 2 is 2.00 bits per heavy atom. The van der Waals surface area contributed by atoms with Crippen molar-refractivity contribution in [1.82, 2.24) is 9.97 Å². The number of ether oxygens (including phenoxy) is 2. The standard InChI is InChI=1S/C17H20N4O4/c1-2-13-15(16(18)21-17(19)20-13)25-9-8-24-12-5-3-4-11(10-12)6-7-14(22)23/h3-7,10H,2,8-9H2,1H3,(H,22,23)(H4,18,19,20,21)/b7-6+. The van der Waals surface area contributed by atoms with Crippen LogP contribution < -0.4 is 20.9 Å². The van der Waals surface area contributed by atoms with Crippen LogP contribution >= 0.6 is 0 Å². The summed E-state index contributed by atoms with van der Waals surface area (Å²) in [6, 6.07) is 7.06. The van der Waals surface area contributed by atoms with E-state index in [9.17, 15) is 4.79 Å². The summed E-state index contributed by atoms with van der Waals surface area (Å²) in [6.07, 6.45) is 3.18. The number of nitrogens with two attached hydrogens (primary N) is 2. The van der Waals surface area contributed by atoms with Crippen LogP contribution in [0.25, 0.3) is 6.08 Å². The number of benzene rings is 1. The molecule has 132 valence electrons. The van der Waals surface area contributed by atoms with Crippen LogP contribution in [-0.2, 0) is 11.2 Å². The van der Waals surface area contributed by atoms with Crippen molar-refractivity contribution in [3.63, 3.8) is 0 Å². The SMILES string of the molecule is CCc1nc(N)nc(N)c1OCCOc1cccc(/C=C/C(=O)O)c1. The summed E-state index contributed by atoms with van der Waals surface area (Å²) >= 11 is 0. The van der Waals surface area contributed by atoms with E-state index in [-0.39, 0.29) is 25.0 Å². The van der Waals surface area contributed by atoms with Gasteiger partial charge in [0.1, 0.15) is 19.0 Å². The minimum atomic E-state index is -1.00. The topological polar surface area (TPSA) is 134 Å². The zero-order valence-electron chi connectivity index (χ0n) is 13.8. The van der Waals surface area contributed by atoms with Gasteiger partial charge in [-0.3, -0.25) is 0 Å². The Morgan fingerprint density at radius 1 is 1.24 bits per heavy atom. The molecule has 0 unspecified atom stereocenters. The maximum Gasteiger partial charge on any atom is 0.328 e. The van der Waals surface area contributed by atoms with Crippen molar-refractivity contribution in [1.29, 1.82) is 0 Å². The molecule has 0 atom stereocenters. The predicted octanol–water partition coefficient (Wildman–Crippen LogP) is 1.76. The number of nitrogens with zero attached hydrogens (tertiary/aromatic N) is 2. The molecule has 0 amide bonds. The molecule has 0 radical (unpaired) electrons. The molecule has 0 spiro atoms. The largest absolute Gasteiger partial charge is 0.490 e. The first-order valence-corrected chi connectivity index (χ1v) is 7.68. The summed E-state index contributed by atoms with van der Waals surface area (Å²) in [5, 5.41) is 8.65. The maximum atomic E-state index is 10.5. The number of hydrogen-bond donors (Lipinski definition) is 3. The highest BCUT2D eigenvalue weighted by atomic mass is 16.5. The summed E-state index contributed by atoms with van der Waals surface area (Å²) in [7, 11) is 0. The first-order valence-electron chi connectivity index (χ1n) is 7.68. The van der Waals surface area contributed by atoms with Gasteiger partial charge < -0.3 is 26.0 Å². The van der Waals surface area contributed by atoms with Gasteiger partial charge in [0, 0.05) is 6.08 Å². The Labute approximate surface area is 145 Å². The predicted molar refractivity (Wildman–Crippen MR) is 94.3 cm³/mol. The van der Waals surface area contributed by atoms with E-state index < -0.39 is 5.97 Å². The molecule has 2 rings (SSSR count). The van der Waals surface area contributed by atoms with E-state index in [4.69, 9.17) is 26.0 Å². The van der Waals surface area contributed by atoms with Crippen LogP contribution in [0.5, 0.6) is 11.5 Å². The number of aromatic nitrogens is 2. The highest BCUT2D eigenvalue weighted by Crippen LogP contribution is 2.24. The van der Waals surface area contributed by atoms with Crippen LogP contribution in [0.4, 0.5) is 11.8 Å². The van der Waals surface area contributed by atoms with Crippen LogP contribution in [0, 0.1) is 0 Å². The highest BCUT2D eigenvalue weighted by molar-refractivity contribution is 5.85. The van der Waals surface area contributed by atoms with Crippen LogP contribution in [0.2, 0.25) is 0 Å². The van der Waals surface area contributed by atoms with E-state index in [1.807, 2.05) is 6.92 Å². The lowest BCUT2D eigenvalue weighted by Gasteiger charge is -2.13. The summed E-state index contributed by atoms with van der Waals surface area (Å²) < 4.78 is 11.2. The Hall–Kier alpha value is -3.29. The summed E-state index contributed by atoms with van der Waals surface area (Å²) in [5.74, 6) is 0.330. The average molecular weight is 344 g/mol. The van der Waals surface area contributed by atoms with Gasteiger partial charge in [0.05, 0.1) is 5.69 Å². The van der Waals surface area contributed by atoms with Crippen molar-refractivity contribution in [3.05, 3.63) is 41.6 Å². The van der Waals surface area contributed by atoms with E-state index in [2.05, 4.69) is 9.97 Å². The Bertz CT molecular complexity index is 777. The second-order valence-electron chi connectivity index (χ2n) is 5.04. The molecule has 0 bridgehead atoms. The molecule has 8 nitrogen and oxygen atoms in total. The van der Waals surface area contributed by atoms with Crippen molar-refractivity contribution in [2.45, 2.75) is 13.3 Å². The van der Waals surface area contributed by atoms with Gasteiger partial charge in [-0.25, -0.2) is 9.78 Å².